The summed E-state index contributed by atoms with van der Waals surface area (Å²) in [7, 11) is 1.79. The number of hydrogen-bond acceptors (Lipinski definition) is 3. The van der Waals surface area contributed by atoms with Gasteiger partial charge in [-0.15, -0.1) is 0 Å². The second-order valence-electron chi connectivity index (χ2n) is 9.59. The van der Waals surface area contributed by atoms with Crippen LogP contribution in [-0.2, 0) is 22.4 Å². The van der Waals surface area contributed by atoms with Crippen molar-refractivity contribution >= 4 is 12.4 Å². The quantitative estimate of drug-likeness (QED) is 0.708. The van der Waals surface area contributed by atoms with Crippen LogP contribution in [0, 0.1) is 11.3 Å². The molecule has 0 aromatic heterocycles. The van der Waals surface area contributed by atoms with E-state index in [4.69, 9.17) is 4.74 Å². The predicted molar refractivity (Wildman–Crippen MR) is 115 cm³/mol. The van der Waals surface area contributed by atoms with E-state index in [1.54, 1.807) is 7.11 Å². The van der Waals surface area contributed by atoms with Gasteiger partial charge in [-0.2, -0.15) is 0 Å². The summed E-state index contributed by atoms with van der Waals surface area (Å²) in [5.74, 6) is 0.583. The number of benzene rings is 1. The standard InChI is InChI=1S/C24H36N2O3/c1-16(2)12-18-6-7-19-14-24(10-8-20(29-5)9-11-24)22(21(19)13-18)25-23(28)26(15-27)17(3)4/h6-7,13,15-17,20,22H,8-12,14H2,1-5H3,(H,25,28). The second kappa shape index (κ2) is 8.86. The first-order valence-electron chi connectivity index (χ1n) is 11.0. The van der Waals surface area contributed by atoms with E-state index in [1.165, 1.54) is 21.6 Å². The highest BCUT2D eigenvalue weighted by Crippen LogP contribution is 2.54. The molecule has 5 heteroatoms. The van der Waals surface area contributed by atoms with Gasteiger partial charge in [0.25, 0.3) is 0 Å². The molecular weight excluding hydrogens is 364 g/mol. The number of methoxy groups -OCH3 is 1. The van der Waals surface area contributed by atoms with Crippen LogP contribution in [0.1, 0.15) is 76.1 Å². The molecule has 1 aromatic carbocycles. The van der Waals surface area contributed by atoms with Crippen molar-refractivity contribution in [2.45, 2.75) is 84.4 Å². The Morgan fingerprint density at radius 1 is 1.28 bits per heavy atom. The molecule has 1 fully saturated rings. The number of carbonyl (C=O) groups is 2. The van der Waals surface area contributed by atoms with Crippen molar-refractivity contribution in [2.24, 2.45) is 11.3 Å². The Balaban J connectivity index is 1.93. The lowest BCUT2D eigenvalue weighted by Crippen LogP contribution is -2.48. The first kappa shape index (κ1) is 21.8. The number of amides is 3. The molecule has 1 saturated carbocycles. The Morgan fingerprint density at radius 3 is 2.52 bits per heavy atom. The molecule has 3 rings (SSSR count). The van der Waals surface area contributed by atoms with Gasteiger partial charge in [0.05, 0.1) is 12.1 Å². The van der Waals surface area contributed by atoms with E-state index >= 15 is 0 Å². The maximum atomic E-state index is 12.9. The molecule has 0 radical (unpaired) electrons. The van der Waals surface area contributed by atoms with Gasteiger partial charge in [0, 0.05) is 13.2 Å². The van der Waals surface area contributed by atoms with Crippen LogP contribution in [0.3, 0.4) is 0 Å². The SMILES string of the molecule is COC1CCC2(CC1)Cc1ccc(CC(C)C)cc1C2NC(=O)N(C=O)C(C)C. The smallest absolute Gasteiger partial charge is 0.324 e. The minimum atomic E-state index is -0.296. The van der Waals surface area contributed by atoms with E-state index in [2.05, 4.69) is 37.4 Å². The van der Waals surface area contributed by atoms with Gasteiger partial charge < -0.3 is 10.1 Å². The zero-order chi connectivity index (χ0) is 21.2. The summed E-state index contributed by atoms with van der Waals surface area (Å²) in [4.78, 5) is 25.7. The first-order chi connectivity index (χ1) is 13.8. The molecule has 0 saturated heterocycles. The molecule has 160 valence electrons. The summed E-state index contributed by atoms with van der Waals surface area (Å²) in [6.07, 6.45) is 7.02. The molecule has 0 bridgehead atoms. The van der Waals surface area contributed by atoms with Crippen LogP contribution in [0.25, 0.3) is 0 Å². The highest BCUT2D eigenvalue weighted by atomic mass is 16.5. The highest BCUT2D eigenvalue weighted by molar-refractivity contribution is 5.85. The molecule has 0 heterocycles. The van der Waals surface area contributed by atoms with Crippen molar-refractivity contribution in [2.75, 3.05) is 7.11 Å². The molecule has 5 nitrogen and oxygen atoms in total. The zero-order valence-electron chi connectivity index (χ0n) is 18.5. The molecule has 1 N–H and O–H groups in total. The Bertz CT molecular complexity index is 736. The van der Waals surface area contributed by atoms with Crippen LogP contribution in [0.15, 0.2) is 18.2 Å². The van der Waals surface area contributed by atoms with Gasteiger partial charge in [-0.1, -0.05) is 32.0 Å². The number of nitrogens with zero attached hydrogens (tertiary/aromatic N) is 1. The average molecular weight is 401 g/mol. The van der Waals surface area contributed by atoms with Crippen molar-refractivity contribution in [3.63, 3.8) is 0 Å². The van der Waals surface area contributed by atoms with Crippen LogP contribution in [0.2, 0.25) is 0 Å². The van der Waals surface area contributed by atoms with E-state index in [-0.39, 0.29) is 23.5 Å². The van der Waals surface area contributed by atoms with E-state index in [9.17, 15) is 9.59 Å². The average Bonchev–Trinajstić information content (AvgIpc) is 2.95. The van der Waals surface area contributed by atoms with Gasteiger partial charge in [-0.25, -0.2) is 4.79 Å². The minimum Gasteiger partial charge on any atom is -0.381 e. The Hall–Kier alpha value is -1.88. The fourth-order valence-corrected chi connectivity index (χ4v) is 5.18. The van der Waals surface area contributed by atoms with Crippen LogP contribution in [0.4, 0.5) is 4.79 Å². The molecule has 1 atom stereocenters. The summed E-state index contributed by atoms with van der Waals surface area (Å²) in [5, 5.41) is 3.26. The van der Waals surface area contributed by atoms with Crippen LogP contribution in [-0.4, -0.2) is 36.6 Å². The molecule has 29 heavy (non-hydrogen) atoms. The first-order valence-corrected chi connectivity index (χ1v) is 11.0. The summed E-state index contributed by atoms with van der Waals surface area (Å²) in [6, 6.07) is 6.26. The number of imide groups is 1. The number of urea groups is 1. The lowest BCUT2D eigenvalue weighted by molar-refractivity contribution is -0.116. The molecule has 2 aliphatic rings. The van der Waals surface area contributed by atoms with E-state index < -0.39 is 0 Å². The lowest BCUT2D eigenvalue weighted by atomic mass is 9.68. The monoisotopic (exact) mass is 400 g/mol. The number of hydrogen-bond donors (Lipinski definition) is 1. The second-order valence-corrected chi connectivity index (χ2v) is 9.59. The Labute approximate surface area is 175 Å². The largest absolute Gasteiger partial charge is 0.381 e. The van der Waals surface area contributed by atoms with Gasteiger partial charge >= 0.3 is 6.03 Å². The minimum absolute atomic E-state index is 0.00894. The molecule has 3 amide bonds. The molecular formula is C24H36N2O3. The van der Waals surface area contributed by atoms with Gasteiger partial charge in [-0.3, -0.25) is 9.69 Å². The van der Waals surface area contributed by atoms with Crippen molar-refractivity contribution in [3.05, 3.63) is 34.9 Å². The van der Waals surface area contributed by atoms with E-state index in [1.807, 2.05) is 13.8 Å². The van der Waals surface area contributed by atoms with Crippen LogP contribution >= 0.6 is 0 Å². The summed E-state index contributed by atoms with van der Waals surface area (Å²) >= 11 is 0. The molecule has 1 unspecified atom stereocenters. The van der Waals surface area contributed by atoms with Crippen molar-refractivity contribution < 1.29 is 14.3 Å². The number of fused-ring (bicyclic) bond motifs is 1. The maximum absolute atomic E-state index is 12.9. The third kappa shape index (κ3) is 4.50. The van der Waals surface area contributed by atoms with Gasteiger partial charge in [-0.05, 0) is 80.4 Å². The van der Waals surface area contributed by atoms with Gasteiger partial charge in [0.1, 0.15) is 0 Å². The summed E-state index contributed by atoms with van der Waals surface area (Å²) < 4.78 is 5.60. The number of carbonyl (C=O) groups excluding carboxylic acids is 2. The molecule has 1 aromatic rings. The van der Waals surface area contributed by atoms with Gasteiger partial charge in [0.2, 0.25) is 6.41 Å². The summed E-state index contributed by atoms with van der Waals surface area (Å²) in [6.45, 7) is 8.17. The Morgan fingerprint density at radius 2 is 1.97 bits per heavy atom. The maximum Gasteiger partial charge on any atom is 0.324 e. The van der Waals surface area contributed by atoms with Crippen molar-refractivity contribution in [1.82, 2.24) is 10.2 Å². The third-order valence-corrected chi connectivity index (χ3v) is 6.75. The third-order valence-electron chi connectivity index (χ3n) is 6.75. The molecule has 2 aliphatic carbocycles. The zero-order valence-corrected chi connectivity index (χ0v) is 18.5. The van der Waals surface area contributed by atoms with Crippen molar-refractivity contribution in [1.29, 1.82) is 0 Å². The molecule has 1 spiro atoms. The number of nitrogens with one attached hydrogen (secondary N) is 1. The normalized spacial score (nSPS) is 26.0. The molecule has 0 aliphatic heterocycles. The van der Waals surface area contributed by atoms with Crippen molar-refractivity contribution in [3.8, 4) is 0 Å². The topological polar surface area (TPSA) is 58.6 Å². The van der Waals surface area contributed by atoms with E-state index in [0.717, 1.165) is 38.5 Å². The number of rotatable bonds is 6. The van der Waals surface area contributed by atoms with Crippen LogP contribution < -0.4 is 5.32 Å². The number of ether oxygens (including phenoxy) is 1. The van der Waals surface area contributed by atoms with E-state index in [0.29, 0.717) is 18.4 Å². The highest BCUT2D eigenvalue weighted by Gasteiger charge is 2.49. The van der Waals surface area contributed by atoms with Gasteiger partial charge in [0.15, 0.2) is 0 Å². The fourth-order valence-electron chi connectivity index (χ4n) is 5.18. The summed E-state index contributed by atoms with van der Waals surface area (Å²) in [5.41, 5.74) is 3.90. The fraction of sp³-hybridized carbons (Fsp3) is 0.667. The lowest BCUT2D eigenvalue weighted by Gasteiger charge is -2.42. The van der Waals surface area contributed by atoms with Crippen LogP contribution in [0.5, 0.6) is 0 Å². The predicted octanol–water partition coefficient (Wildman–Crippen LogP) is 4.63. The Kier molecular flexibility index (Phi) is 6.67.